The van der Waals surface area contributed by atoms with E-state index in [0.29, 0.717) is 31.0 Å². The standard InChI is InChI=1S/C24H31N3O4/c1-17-21(18(2)31-25-17)16-30-22-9-5-4-8-20(22)24(29)27-14-10-19(11-15-27)23(28)26-12-6-3-7-13-26/h4-5,8-9,19H,3,6-7,10-16H2,1-2H3. The molecule has 4 rings (SSSR count). The minimum atomic E-state index is -0.0433. The van der Waals surface area contributed by atoms with Crippen LogP contribution in [-0.2, 0) is 11.4 Å². The third-order valence-corrected chi connectivity index (χ3v) is 6.47. The third kappa shape index (κ3) is 4.75. The van der Waals surface area contributed by atoms with Gasteiger partial charge in [-0.25, -0.2) is 0 Å². The van der Waals surface area contributed by atoms with Crippen LogP contribution in [0, 0.1) is 19.8 Å². The molecule has 1 aromatic heterocycles. The molecule has 2 fully saturated rings. The zero-order valence-electron chi connectivity index (χ0n) is 18.4. The van der Waals surface area contributed by atoms with E-state index in [4.69, 9.17) is 9.26 Å². The first kappa shape index (κ1) is 21.4. The maximum Gasteiger partial charge on any atom is 0.257 e. The second kappa shape index (κ2) is 9.54. The summed E-state index contributed by atoms with van der Waals surface area (Å²) in [5, 5.41) is 3.95. The van der Waals surface area contributed by atoms with Crippen molar-refractivity contribution in [1.29, 1.82) is 0 Å². The van der Waals surface area contributed by atoms with Crippen molar-refractivity contribution in [1.82, 2.24) is 15.0 Å². The fourth-order valence-electron chi connectivity index (χ4n) is 4.50. The second-order valence-corrected chi connectivity index (χ2v) is 8.54. The van der Waals surface area contributed by atoms with Crippen molar-refractivity contribution >= 4 is 11.8 Å². The summed E-state index contributed by atoms with van der Waals surface area (Å²) in [6.45, 7) is 6.99. The van der Waals surface area contributed by atoms with Crippen LogP contribution < -0.4 is 4.74 Å². The average molecular weight is 426 g/mol. The third-order valence-electron chi connectivity index (χ3n) is 6.47. The molecule has 0 spiro atoms. The first-order chi connectivity index (χ1) is 15.0. The molecular formula is C24H31N3O4. The maximum absolute atomic E-state index is 13.2. The minimum absolute atomic E-state index is 0.0354. The van der Waals surface area contributed by atoms with E-state index >= 15 is 0 Å². The first-order valence-corrected chi connectivity index (χ1v) is 11.3. The molecule has 2 amide bonds. The summed E-state index contributed by atoms with van der Waals surface area (Å²) >= 11 is 0. The Morgan fingerprint density at radius 2 is 1.74 bits per heavy atom. The number of amides is 2. The first-order valence-electron chi connectivity index (χ1n) is 11.3. The van der Waals surface area contributed by atoms with Crippen LogP contribution in [0.3, 0.4) is 0 Å². The van der Waals surface area contributed by atoms with Gasteiger partial charge in [-0.15, -0.1) is 0 Å². The molecule has 2 aliphatic heterocycles. The summed E-state index contributed by atoms with van der Waals surface area (Å²) in [5.41, 5.74) is 2.25. The van der Waals surface area contributed by atoms with Crippen molar-refractivity contribution in [3.63, 3.8) is 0 Å². The van der Waals surface area contributed by atoms with Crippen LogP contribution in [0.25, 0.3) is 0 Å². The number of rotatable bonds is 5. The molecule has 0 radical (unpaired) electrons. The Bertz CT molecular complexity index is 905. The number of carbonyl (C=O) groups excluding carboxylic acids is 2. The summed E-state index contributed by atoms with van der Waals surface area (Å²) in [5.74, 6) is 1.54. The van der Waals surface area contributed by atoms with Crippen molar-refractivity contribution in [2.45, 2.75) is 52.6 Å². The summed E-state index contributed by atoms with van der Waals surface area (Å²) in [6, 6.07) is 7.33. The molecule has 2 aliphatic rings. The molecule has 0 atom stereocenters. The Hall–Kier alpha value is -2.83. The van der Waals surface area contributed by atoms with E-state index < -0.39 is 0 Å². The Labute approximate surface area is 183 Å². The predicted octanol–water partition coefficient (Wildman–Crippen LogP) is 3.74. The van der Waals surface area contributed by atoms with E-state index in [-0.39, 0.29) is 17.7 Å². The highest BCUT2D eigenvalue weighted by molar-refractivity contribution is 5.97. The van der Waals surface area contributed by atoms with Gasteiger partial charge in [0.05, 0.1) is 16.8 Å². The van der Waals surface area contributed by atoms with E-state index in [0.717, 1.165) is 55.8 Å². The van der Waals surface area contributed by atoms with E-state index in [9.17, 15) is 9.59 Å². The van der Waals surface area contributed by atoms with Crippen LogP contribution in [0.15, 0.2) is 28.8 Å². The van der Waals surface area contributed by atoms with Gasteiger partial charge in [-0.3, -0.25) is 9.59 Å². The zero-order chi connectivity index (χ0) is 21.8. The largest absolute Gasteiger partial charge is 0.488 e. The van der Waals surface area contributed by atoms with Crippen molar-refractivity contribution in [3.8, 4) is 5.75 Å². The molecule has 2 saturated heterocycles. The lowest BCUT2D eigenvalue weighted by molar-refractivity contribution is -0.137. The number of likely N-dealkylation sites (tertiary alicyclic amines) is 2. The molecule has 0 N–H and O–H groups in total. The van der Waals surface area contributed by atoms with E-state index in [1.54, 1.807) is 6.07 Å². The van der Waals surface area contributed by atoms with Gasteiger partial charge in [0, 0.05) is 32.1 Å². The number of hydrogen-bond donors (Lipinski definition) is 0. The quantitative estimate of drug-likeness (QED) is 0.730. The molecular weight excluding hydrogens is 394 g/mol. The molecule has 31 heavy (non-hydrogen) atoms. The number of piperidine rings is 2. The van der Waals surface area contributed by atoms with Crippen molar-refractivity contribution in [3.05, 3.63) is 46.8 Å². The van der Waals surface area contributed by atoms with Crippen molar-refractivity contribution in [2.24, 2.45) is 5.92 Å². The molecule has 0 unspecified atom stereocenters. The molecule has 0 bridgehead atoms. The van der Waals surface area contributed by atoms with E-state index in [2.05, 4.69) is 5.16 Å². The molecule has 7 nitrogen and oxygen atoms in total. The van der Waals surface area contributed by atoms with Crippen LogP contribution in [0.5, 0.6) is 5.75 Å². The molecule has 166 valence electrons. The molecule has 0 saturated carbocycles. The Morgan fingerprint density at radius 3 is 2.42 bits per heavy atom. The van der Waals surface area contributed by atoms with Crippen LogP contribution in [-0.4, -0.2) is 52.9 Å². The lowest BCUT2D eigenvalue weighted by Crippen LogP contribution is -2.45. The van der Waals surface area contributed by atoms with E-state index in [1.165, 1.54) is 6.42 Å². The smallest absolute Gasteiger partial charge is 0.257 e. The minimum Gasteiger partial charge on any atom is -0.488 e. The number of aromatic nitrogens is 1. The van der Waals surface area contributed by atoms with Crippen LogP contribution in [0.2, 0.25) is 0 Å². The van der Waals surface area contributed by atoms with Gasteiger partial charge in [-0.2, -0.15) is 0 Å². The topological polar surface area (TPSA) is 75.9 Å². The van der Waals surface area contributed by atoms with Gasteiger partial charge in [0.2, 0.25) is 5.91 Å². The summed E-state index contributed by atoms with van der Waals surface area (Å²) in [4.78, 5) is 29.9. The molecule has 2 aromatic rings. The Morgan fingerprint density at radius 1 is 1.03 bits per heavy atom. The number of para-hydroxylation sites is 1. The summed E-state index contributed by atoms with van der Waals surface area (Å²) in [6.07, 6.45) is 4.88. The molecule has 1 aromatic carbocycles. The van der Waals surface area contributed by atoms with Gasteiger partial charge in [-0.1, -0.05) is 17.3 Å². The highest BCUT2D eigenvalue weighted by atomic mass is 16.5. The Balaban J connectivity index is 1.37. The average Bonchev–Trinajstić information content (AvgIpc) is 3.14. The second-order valence-electron chi connectivity index (χ2n) is 8.54. The fourth-order valence-corrected chi connectivity index (χ4v) is 4.50. The molecule has 7 heteroatoms. The number of benzene rings is 1. The molecule has 0 aliphatic carbocycles. The number of hydrogen-bond acceptors (Lipinski definition) is 5. The lowest BCUT2D eigenvalue weighted by atomic mass is 9.94. The number of carbonyl (C=O) groups is 2. The van der Waals surface area contributed by atoms with Crippen LogP contribution >= 0.6 is 0 Å². The summed E-state index contributed by atoms with van der Waals surface area (Å²) in [7, 11) is 0. The monoisotopic (exact) mass is 425 g/mol. The van der Waals surface area contributed by atoms with Gasteiger partial charge in [0.1, 0.15) is 18.1 Å². The highest BCUT2D eigenvalue weighted by Gasteiger charge is 2.31. The van der Waals surface area contributed by atoms with Gasteiger partial charge in [0.25, 0.3) is 5.91 Å². The van der Waals surface area contributed by atoms with Crippen LogP contribution in [0.1, 0.15) is 59.5 Å². The normalized spacial score (nSPS) is 17.6. The van der Waals surface area contributed by atoms with Crippen molar-refractivity contribution in [2.75, 3.05) is 26.2 Å². The number of ether oxygens (including phenoxy) is 1. The van der Waals surface area contributed by atoms with Gasteiger partial charge in [0.15, 0.2) is 0 Å². The van der Waals surface area contributed by atoms with Crippen LogP contribution in [0.4, 0.5) is 0 Å². The lowest BCUT2D eigenvalue weighted by Gasteiger charge is -2.35. The van der Waals surface area contributed by atoms with Gasteiger partial charge >= 0.3 is 0 Å². The Kier molecular flexibility index (Phi) is 6.59. The highest BCUT2D eigenvalue weighted by Crippen LogP contribution is 2.27. The number of aryl methyl sites for hydroxylation is 2. The van der Waals surface area contributed by atoms with Gasteiger partial charge in [-0.05, 0) is 58.1 Å². The maximum atomic E-state index is 13.2. The molecule has 3 heterocycles. The zero-order valence-corrected chi connectivity index (χ0v) is 18.4. The van der Waals surface area contributed by atoms with Gasteiger partial charge < -0.3 is 19.1 Å². The predicted molar refractivity (Wildman–Crippen MR) is 116 cm³/mol. The van der Waals surface area contributed by atoms with E-state index in [1.807, 2.05) is 41.8 Å². The summed E-state index contributed by atoms with van der Waals surface area (Å²) < 4.78 is 11.2. The SMILES string of the molecule is Cc1noc(C)c1COc1ccccc1C(=O)N1CCC(C(=O)N2CCCCC2)CC1. The van der Waals surface area contributed by atoms with Crippen molar-refractivity contribution < 1.29 is 18.8 Å². The number of nitrogens with zero attached hydrogens (tertiary/aromatic N) is 3. The fraction of sp³-hybridized carbons (Fsp3) is 0.542.